The molecule has 0 radical (unpaired) electrons. The number of aryl methyl sites for hydroxylation is 3. The largest absolute Gasteiger partial charge is 0.382 e. The molecular weight excluding hydrogens is 392 g/mol. The first-order valence-electron chi connectivity index (χ1n) is 11.2. The fourth-order valence-corrected chi connectivity index (χ4v) is 5.87. The minimum Gasteiger partial charge on any atom is -0.382 e. The number of carbonyl (C=O) groups is 2. The number of amides is 2. The predicted octanol–water partition coefficient (Wildman–Crippen LogP) is 2.93. The summed E-state index contributed by atoms with van der Waals surface area (Å²) in [5.74, 6) is 0.585. The Morgan fingerprint density at radius 2 is 1.84 bits per heavy atom. The van der Waals surface area contributed by atoms with Gasteiger partial charge >= 0.3 is 0 Å². The van der Waals surface area contributed by atoms with E-state index < -0.39 is 6.10 Å². The number of fused-ring (bicyclic) bond motifs is 3. The van der Waals surface area contributed by atoms with Gasteiger partial charge < -0.3 is 19.6 Å². The number of rotatable bonds is 3. The lowest BCUT2D eigenvalue weighted by Gasteiger charge is -2.38. The van der Waals surface area contributed by atoms with Gasteiger partial charge in [0.2, 0.25) is 6.10 Å². The smallest absolute Gasteiger partial charge is 0.270 e. The van der Waals surface area contributed by atoms with Gasteiger partial charge in [0.1, 0.15) is 5.69 Å². The second kappa shape index (κ2) is 7.39. The number of hydrogen-bond donors (Lipinski definition) is 1. The van der Waals surface area contributed by atoms with Gasteiger partial charge in [-0.2, -0.15) is 0 Å². The molecule has 2 bridgehead atoms. The van der Waals surface area contributed by atoms with Gasteiger partial charge in [-0.15, -0.1) is 0 Å². The van der Waals surface area contributed by atoms with E-state index in [0.29, 0.717) is 19.5 Å². The summed E-state index contributed by atoms with van der Waals surface area (Å²) in [5, 5.41) is 8.25. The van der Waals surface area contributed by atoms with Crippen molar-refractivity contribution in [3.8, 4) is 0 Å². The first-order chi connectivity index (χ1) is 14.8. The van der Waals surface area contributed by atoms with Crippen LogP contribution in [0.2, 0.25) is 0 Å². The summed E-state index contributed by atoms with van der Waals surface area (Å²) in [6, 6.07) is 6.34. The molecule has 1 saturated carbocycles. The minimum atomic E-state index is -0.513. The normalized spacial score (nSPS) is 27.4. The van der Waals surface area contributed by atoms with Crippen LogP contribution in [-0.2, 0) is 16.7 Å². The standard InChI is InChI=1S/C24H30N4O3/c1-13-6-5-7-18-15(3)22(27(4)21(13)18)24(30)28-11-16-8-9-17(12-28)20(16)25-23(29)19-10-14(2)26-31-19/h5-7,16-17,19-20H,8-12H2,1-4H3,(H,25,29)/t16-,17+,19?,20?. The number of piperidine rings is 1. The maximum absolute atomic E-state index is 13.6. The lowest BCUT2D eigenvalue weighted by atomic mass is 9.91. The Morgan fingerprint density at radius 3 is 2.45 bits per heavy atom. The third-order valence-corrected chi connectivity index (χ3v) is 7.41. The summed E-state index contributed by atoms with van der Waals surface area (Å²) >= 11 is 0. The second-order valence-corrected chi connectivity index (χ2v) is 9.47. The zero-order valence-electron chi connectivity index (χ0n) is 18.6. The van der Waals surface area contributed by atoms with Crippen LogP contribution >= 0.6 is 0 Å². The Kier molecular flexibility index (Phi) is 4.79. The molecule has 2 fully saturated rings. The van der Waals surface area contributed by atoms with E-state index in [1.54, 1.807) is 0 Å². The lowest BCUT2D eigenvalue weighted by molar-refractivity contribution is -0.132. The van der Waals surface area contributed by atoms with E-state index in [4.69, 9.17) is 4.84 Å². The highest BCUT2D eigenvalue weighted by atomic mass is 16.6. The predicted molar refractivity (Wildman–Crippen MR) is 119 cm³/mol. The highest BCUT2D eigenvalue weighted by Crippen LogP contribution is 2.38. The van der Waals surface area contributed by atoms with E-state index in [-0.39, 0.29) is 29.7 Å². The van der Waals surface area contributed by atoms with Crippen LogP contribution in [0.5, 0.6) is 0 Å². The van der Waals surface area contributed by atoms with Gasteiger partial charge in [-0.3, -0.25) is 9.59 Å². The molecule has 2 amide bonds. The molecule has 3 aliphatic rings. The molecule has 3 heterocycles. The van der Waals surface area contributed by atoms with Crippen molar-refractivity contribution in [2.45, 2.75) is 52.2 Å². The average molecular weight is 423 g/mol. The molecule has 2 aromatic rings. The number of nitrogens with zero attached hydrogens (tertiary/aromatic N) is 3. The molecule has 31 heavy (non-hydrogen) atoms. The van der Waals surface area contributed by atoms with Gasteiger partial charge in [0, 0.05) is 38.0 Å². The average Bonchev–Trinajstić information content (AvgIpc) is 3.34. The highest BCUT2D eigenvalue weighted by Gasteiger charge is 2.45. The number of oxime groups is 1. The first kappa shape index (κ1) is 20.1. The lowest BCUT2D eigenvalue weighted by Crippen LogP contribution is -2.55. The van der Waals surface area contributed by atoms with Crippen molar-refractivity contribution in [1.29, 1.82) is 0 Å². The molecule has 1 aromatic heterocycles. The van der Waals surface area contributed by atoms with Gasteiger partial charge in [0.25, 0.3) is 11.8 Å². The molecule has 5 rings (SSSR count). The summed E-state index contributed by atoms with van der Waals surface area (Å²) < 4.78 is 2.05. The second-order valence-electron chi connectivity index (χ2n) is 9.47. The quantitative estimate of drug-likeness (QED) is 0.826. The van der Waals surface area contributed by atoms with E-state index in [1.807, 2.05) is 31.9 Å². The third-order valence-electron chi connectivity index (χ3n) is 7.41. The Morgan fingerprint density at radius 1 is 1.13 bits per heavy atom. The molecule has 7 heteroatoms. The molecule has 1 aromatic carbocycles. The maximum atomic E-state index is 13.6. The van der Waals surface area contributed by atoms with Crippen molar-refractivity contribution in [1.82, 2.24) is 14.8 Å². The van der Waals surface area contributed by atoms with E-state index in [1.165, 1.54) is 5.56 Å². The van der Waals surface area contributed by atoms with E-state index in [9.17, 15) is 9.59 Å². The molecule has 164 valence electrons. The molecule has 7 nitrogen and oxygen atoms in total. The number of aromatic nitrogens is 1. The Bertz CT molecular complexity index is 1090. The number of nitrogens with one attached hydrogen (secondary N) is 1. The van der Waals surface area contributed by atoms with Crippen molar-refractivity contribution >= 4 is 28.4 Å². The first-order valence-corrected chi connectivity index (χ1v) is 11.2. The van der Waals surface area contributed by atoms with Crippen molar-refractivity contribution < 1.29 is 14.4 Å². The van der Waals surface area contributed by atoms with E-state index >= 15 is 0 Å². The maximum Gasteiger partial charge on any atom is 0.270 e. The van der Waals surface area contributed by atoms with Crippen LogP contribution in [0.25, 0.3) is 10.9 Å². The van der Waals surface area contributed by atoms with Crippen molar-refractivity contribution in [3.63, 3.8) is 0 Å². The number of likely N-dealkylation sites (tertiary alicyclic amines) is 1. The van der Waals surface area contributed by atoms with Gasteiger partial charge in [0.15, 0.2) is 0 Å². The summed E-state index contributed by atoms with van der Waals surface area (Å²) in [7, 11) is 1.99. The SMILES string of the molecule is CC1=NOC(C(=O)NC2[C@@H]3CC[C@H]2CN(C(=O)c2c(C)c4cccc(C)c4n2C)C3)C1. The fourth-order valence-electron chi connectivity index (χ4n) is 5.87. The third kappa shape index (κ3) is 3.22. The van der Waals surface area contributed by atoms with Gasteiger partial charge in [-0.05, 0) is 56.6 Å². The zero-order chi connectivity index (χ0) is 21.9. The molecule has 2 aliphatic heterocycles. The van der Waals surface area contributed by atoms with Gasteiger partial charge in [-0.1, -0.05) is 23.4 Å². The van der Waals surface area contributed by atoms with Crippen LogP contribution < -0.4 is 5.32 Å². The van der Waals surface area contributed by atoms with Crippen LogP contribution in [0.3, 0.4) is 0 Å². The van der Waals surface area contributed by atoms with Gasteiger partial charge in [-0.25, -0.2) is 0 Å². The highest BCUT2D eigenvalue weighted by molar-refractivity contribution is 6.02. The molecule has 2 unspecified atom stereocenters. The number of carbonyl (C=O) groups excluding carboxylic acids is 2. The molecule has 1 saturated heterocycles. The van der Waals surface area contributed by atoms with Gasteiger partial charge in [0.05, 0.1) is 11.2 Å². The van der Waals surface area contributed by atoms with Crippen molar-refractivity contribution in [2.75, 3.05) is 13.1 Å². The van der Waals surface area contributed by atoms with Crippen LogP contribution in [0, 0.1) is 25.7 Å². The topological polar surface area (TPSA) is 75.9 Å². The van der Waals surface area contributed by atoms with Crippen LogP contribution in [0.15, 0.2) is 23.4 Å². The summed E-state index contributed by atoms with van der Waals surface area (Å²) in [6.07, 6.45) is 2.11. The van der Waals surface area contributed by atoms with Crippen LogP contribution in [0.1, 0.15) is 47.8 Å². The molecule has 4 atom stereocenters. The summed E-state index contributed by atoms with van der Waals surface area (Å²) in [5.41, 5.74) is 4.98. The Labute approximate surface area is 182 Å². The molecule has 1 N–H and O–H groups in total. The van der Waals surface area contributed by atoms with E-state index in [0.717, 1.165) is 40.7 Å². The van der Waals surface area contributed by atoms with E-state index in [2.05, 4.69) is 34.1 Å². The summed E-state index contributed by atoms with van der Waals surface area (Å²) in [6.45, 7) is 7.37. The Balaban J connectivity index is 1.33. The summed E-state index contributed by atoms with van der Waals surface area (Å²) in [4.78, 5) is 33.5. The zero-order valence-corrected chi connectivity index (χ0v) is 18.6. The van der Waals surface area contributed by atoms with Crippen LogP contribution in [0.4, 0.5) is 0 Å². The van der Waals surface area contributed by atoms with Crippen LogP contribution in [-0.4, -0.2) is 52.2 Å². The molecule has 1 aliphatic carbocycles. The number of hydrogen-bond acceptors (Lipinski definition) is 4. The number of benzene rings is 1. The van der Waals surface area contributed by atoms with Crippen molar-refractivity contribution in [3.05, 3.63) is 35.0 Å². The van der Waals surface area contributed by atoms with Crippen molar-refractivity contribution in [2.24, 2.45) is 24.0 Å². The molecular formula is C24H30N4O3. The number of para-hydroxylation sites is 1. The molecule has 0 spiro atoms. The monoisotopic (exact) mass is 422 g/mol. The Hall–Kier alpha value is -2.83. The minimum absolute atomic E-state index is 0.0812. The fraction of sp³-hybridized carbons (Fsp3) is 0.542.